The minimum absolute atomic E-state index is 0.335. The number of aliphatic hydroxyl groups is 1. The van der Waals surface area contributed by atoms with E-state index in [4.69, 9.17) is 5.11 Å². The van der Waals surface area contributed by atoms with Gasteiger partial charge in [0.1, 0.15) is 0 Å². The molecule has 0 saturated carbocycles. The summed E-state index contributed by atoms with van der Waals surface area (Å²) in [6, 6.07) is 2.10. The standard InChI is InChI=1S/C11H16BrNOS/c12-10-3-5-15-11(10)7-13-4-1-2-9(6-13)8-14/h3,5,9,14H,1-2,4,6-8H2. The van der Waals surface area contributed by atoms with Crippen LogP contribution in [0.25, 0.3) is 0 Å². The van der Waals surface area contributed by atoms with Crippen LogP contribution in [0.3, 0.4) is 0 Å². The Bertz CT molecular complexity index is 315. The van der Waals surface area contributed by atoms with Gasteiger partial charge in [0.15, 0.2) is 0 Å². The van der Waals surface area contributed by atoms with Crippen molar-refractivity contribution >= 4 is 27.3 Å². The van der Waals surface area contributed by atoms with Crippen molar-refractivity contribution in [1.29, 1.82) is 0 Å². The highest BCUT2D eigenvalue weighted by atomic mass is 79.9. The summed E-state index contributed by atoms with van der Waals surface area (Å²) in [6.07, 6.45) is 2.40. The largest absolute Gasteiger partial charge is 0.396 e. The maximum absolute atomic E-state index is 9.16. The second-order valence-corrected chi connectivity index (χ2v) is 5.97. The Morgan fingerprint density at radius 2 is 2.47 bits per heavy atom. The van der Waals surface area contributed by atoms with E-state index in [1.807, 2.05) is 0 Å². The first-order valence-electron chi connectivity index (χ1n) is 5.34. The van der Waals surface area contributed by atoms with Crippen LogP contribution in [-0.2, 0) is 6.54 Å². The number of piperidine rings is 1. The molecule has 2 nitrogen and oxygen atoms in total. The van der Waals surface area contributed by atoms with Crippen LogP contribution in [0.15, 0.2) is 15.9 Å². The molecule has 0 bridgehead atoms. The van der Waals surface area contributed by atoms with E-state index < -0.39 is 0 Å². The Morgan fingerprint density at radius 1 is 1.60 bits per heavy atom. The molecule has 1 aromatic rings. The molecular weight excluding hydrogens is 274 g/mol. The summed E-state index contributed by atoms with van der Waals surface area (Å²) < 4.78 is 1.22. The highest BCUT2D eigenvalue weighted by molar-refractivity contribution is 9.10. The van der Waals surface area contributed by atoms with E-state index in [1.54, 1.807) is 11.3 Å². The first-order valence-corrected chi connectivity index (χ1v) is 7.02. The Balaban J connectivity index is 1.92. The summed E-state index contributed by atoms with van der Waals surface area (Å²) in [4.78, 5) is 3.84. The first-order chi connectivity index (χ1) is 7.29. The van der Waals surface area contributed by atoms with Gasteiger partial charge in [0.25, 0.3) is 0 Å². The number of rotatable bonds is 3. The lowest BCUT2D eigenvalue weighted by molar-refractivity contribution is 0.116. The normalized spacial score (nSPS) is 23.2. The number of nitrogens with zero attached hydrogens (tertiary/aromatic N) is 1. The maximum atomic E-state index is 9.16. The first kappa shape index (κ1) is 11.6. The number of hydrogen-bond acceptors (Lipinski definition) is 3. The van der Waals surface area contributed by atoms with Gasteiger partial charge in [-0.2, -0.15) is 0 Å². The predicted molar refractivity (Wildman–Crippen MR) is 67.1 cm³/mol. The zero-order valence-corrected chi connectivity index (χ0v) is 11.1. The fraction of sp³-hybridized carbons (Fsp3) is 0.636. The molecule has 2 heterocycles. The van der Waals surface area contributed by atoms with Gasteiger partial charge < -0.3 is 5.11 Å². The lowest BCUT2D eigenvalue weighted by Gasteiger charge is -2.31. The number of aliphatic hydroxyl groups excluding tert-OH is 1. The fourth-order valence-electron chi connectivity index (χ4n) is 2.08. The van der Waals surface area contributed by atoms with Crippen molar-refractivity contribution in [2.75, 3.05) is 19.7 Å². The van der Waals surface area contributed by atoms with Crippen LogP contribution < -0.4 is 0 Å². The highest BCUT2D eigenvalue weighted by Crippen LogP contribution is 2.26. The van der Waals surface area contributed by atoms with Gasteiger partial charge >= 0.3 is 0 Å². The number of hydrogen-bond donors (Lipinski definition) is 1. The van der Waals surface area contributed by atoms with Crippen molar-refractivity contribution in [3.05, 3.63) is 20.8 Å². The second-order valence-electron chi connectivity index (χ2n) is 4.12. The minimum Gasteiger partial charge on any atom is -0.396 e. The third-order valence-electron chi connectivity index (χ3n) is 2.92. The van der Waals surface area contributed by atoms with Crippen LogP contribution in [0.5, 0.6) is 0 Å². The molecule has 1 fully saturated rings. The number of likely N-dealkylation sites (tertiary alicyclic amines) is 1. The van der Waals surface area contributed by atoms with E-state index in [2.05, 4.69) is 32.3 Å². The minimum atomic E-state index is 0.335. The van der Waals surface area contributed by atoms with E-state index in [0.717, 1.165) is 13.1 Å². The van der Waals surface area contributed by atoms with Gasteiger partial charge in [-0.15, -0.1) is 11.3 Å². The molecule has 1 unspecified atom stereocenters. The van der Waals surface area contributed by atoms with Gasteiger partial charge in [-0.1, -0.05) is 0 Å². The molecular formula is C11H16BrNOS. The topological polar surface area (TPSA) is 23.5 Å². The molecule has 0 aliphatic carbocycles. The van der Waals surface area contributed by atoms with Gasteiger partial charge in [-0.05, 0) is 52.7 Å². The zero-order chi connectivity index (χ0) is 10.7. The number of thiophene rings is 1. The lowest BCUT2D eigenvalue weighted by Crippen LogP contribution is -2.36. The van der Waals surface area contributed by atoms with E-state index in [1.165, 1.54) is 28.7 Å². The van der Waals surface area contributed by atoms with Crippen molar-refractivity contribution in [2.45, 2.75) is 19.4 Å². The van der Waals surface area contributed by atoms with Gasteiger partial charge in [0.2, 0.25) is 0 Å². The molecule has 1 saturated heterocycles. The van der Waals surface area contributed by atoms with Gasteiger partial charge in [0, 0.05) is 29.0 Å². The molecule has 15 heavy (non-hydrogen) atoms. The summed E-state index contributed by atoms with van der Waals surface area (Å²) in [6.45, 7) is 3.57. The summed E-state index contributed by atoms with van der Waals surface area (Å²) in [5.41, 5.74) is 0. The van der Waals surface area contributed by atoms with Gasteiger partial charge in [-0.3, -0.25) is 4.90 Å². The molecule has 0 radical (unpaired) electrons. The fourth-order valence-corrected chi connectivity index (χ4v) is 3.60. The molecule has 1 aliphatic heterocycles. The lowest BCUT2D eigenvalue weighted by atomic mass is 9.99. The number of halogens is 1. The van der Waals surface area contributed by atoms with Crippen molar-refractivity contribution < 1.29 is 5.11 Å². The molecule has 1 aromatic heterocycles. The molecule has 84 valence electrons. The summed E-state index contributed by atoms with van der Waals surface area (Å²) in [7, 11) is 0. The van der Waals surface area contributed by atoms with Crippen LogP contribution in [0.4, 0.5) is 0 Å². The summed E-state index contributed by atoms with van der Waals surface area (Å²) >= 11 is 5.36. The molecule has 0 spiro atoms. The molecule has 1 atom stereocenters. The second kappa shape index (κ2) is 5.43. The molecule has 2 rings (SSSR count). The summed E-state index contributed by atoms with van der Waals surface area (Å²) in [5, 5.41) is 11.3. The average Bonchev–Trinajstić information content (AvgIpc) is 2.65. The molecule has 1 N–H and O–H groups in total. The van der Waals surface area contributed by atoms with Gasteiger partial charge in [-0.25, -0.2) is 0 Å². The van der Waals surface area contributed by atoms with E-state index >= 15 is 0 Å². The van der Waals surface area contributed by atoms with Crippen molar-refractivity contribution in [2.24, 2.45) is 5.92 Å². The van der Waals surface area contributed by atoms with E-state index in [9.17, 15) is 0 Å². The Kier molecular flexibility index (Phi) is 4.20. The molecule has 0 amide bonds. The monoisotopic (exact) mass is 289 g/mol. The summed E-state index contributed by atoms with van der Waals surface area (Å²) in [5.74, 6) is 0.484. The van der Waals surface area contributed by atoms with Crippen molar-refractivity contribution in [3.8, 4) is 0 Å². The zero-order valence-electron chi connectivity index (χ0n) is 8.66. The van der Waals surface area contributed by atoms with E-state index in [-0.39, 0.29) is 0 Å². The predicted octanol–water partition coefficient (Wildman–Crippen LogP) is 2.71. The van der Waals surface area contributed by atoms with Gasteiger partial charge in [0.05, 0.1) is 0 Å². The third-order valence-corrected chi connectivity index (χ3v) is 4.83. The third kappa shape index (κ3) is 3.03. The smallest absolute Gasteiger partial charge is 0.0471 e. The van der Waals surface area contributed by atoms with Crippen molar-refractivity contribution in [1.82, 2.24) is 4.90 Å². The van der Waals surface area contributed by atoms with Crippen LogP contribution in [0.2, 0.25) is 0 Å². The molecule has 1 aliphatic rings. The average molecular weight is 290 g/mol. The van der Waals surface area contributed by atoms with Crippen LogP contribution in [0.1, 0.15) is 17.7 Å². The quantitative estimate of drug-likeness (QED) is 0.925. The van der Waals surface area contributed by atoms with Crippen LogP contribution in [0, 0.1) is 5.92 Å². The van der Waals surface area contributed by atoms with Crippen LogP contribution in [-0.4, -0.2) is 29.7 Å². The SMILES string of the molecule is OCC1CCCN(Cc2sccc2Br)C1. The molecule has 4 heteroatoms. The molecule has 0 aromatic carbocycles. The Morgan fingerprint density at radius 3 is 3.13 bits per heavy atom. The highest BCUT2D eigenvalue weighted by Gasteiger charge is 2.19. The Hall–Kier alpha value is 0.100. The maximum Gasteiger partial charge on any atom is 0.0471 e. The van der Waals surface area contributed by atoms with Crippen LogP contribution >= 0.6 is 27.3 Å². The van der Waals surface area contributed by atoms with Crippen molar-refractivity contribution in [3.63, 3.8) is 0 Å². The Labute approximate surface area is 103 Å². The van der Waals surface area contributed by atoms with E-state index in [0.29, 0.717) is 12.5 Å².